The summed E-state index contributed by atoms with van der Waals surface area (Å²) >= 11 is 0. The highest BCUT2D eigenvalue weighted by Crippen LogP contribution is 2.32. The topological polar surface area (TPSA) is 0 Å². The van der Waals surface area contributed by atoms with Gasteiger partial charge in [0.15, 0.2) is 0 Å². The molecule has 0 spiro atoms. The van der Waals surface area contributed by atoms with Crippen molar-refractivity contribution in [3.8, 4) is 0 Å². The summed E-state index contributed by atoms with van der Waals surface area (Å²) in [5, 5.41) is 0. The molecule has 15 heavy (non-hydrogen) atoms. The summed E-state index contributed by atoms with van der Waals surface area (Å²) in [5.41, 5.74) is 3.91. The van der Waals surface area contributed by atoms with Gasteiger partial charge in [0.05, 0.1) is 0 Å². The Balaban J connectivity index is 2.27. The Morgan fingerprint density at radius 1 is 1.20 bits per heavy atom. The van der Waals surface area contributed by atoms with Crippen LogP contribution in [0.2, 0.25) is 0 Å². The van der Waals surface area contributed by atoms with Crippen molar-refractivity contribution in [1.29, 1.82) is 0 Å². The Morgan fingerprint density at radius 2 is 1.93 bits per heavy atom. The summed E-state index contributed by atoms with van der Waals surface area (Å²) in [6, 6.07) is 10.5. The predicted molar refractivity (Wildman–Crippen MR) is 66.5 cm³/mol. The Morgan fingerprint density at radius 3 is 2.53 bits per heavy atom. The second kappa shape index (κ2) is 4.31. The molecule has 1 unspecified atom stereocenters. The number of hydrogen-bond donors (Lipinski definition) is 0. The van der Waals surface area contributed by atoms with Gasteiger partial charge in [0, 0.05) is 5.92 Å². The molecule has 0 aliphatic heterocycles. The molecule has 2 rings (SSSR count). The van der Waals surface area contributed by atoms with E-state index in [-0.39, 0.29) is 0 Å². The van der Waals surface area contributed by atoms with Crippen LogP contribution in [-0.2, 0) is 0 Å². The van der Waals surface area contributed by atoms with E-state index in [9.17, 15) is 0 Å². The van der Waals surface area contributed by atoms with E-state index in [0.29, 0.717) is 5.92 Å². The Kier molecular flexibility index (Phi) is 2.86. The van der Waals surface area contributed by atoms with E-state index >= 15 is 0 Å². The number of allylic oxidation sites excluding steroid dienone is 4. The molecule has 1 atom stereocenters. The quantitative estimate of drug-likeness (QED) is 0.621. The molecule has 0 fully saturated rings. The van der Waals surface area contributed by atoms with E-state index in [1.54, 1.807) is 0 Å². The molecule has 0 bridgehead atoms. The summed E-state index contributed by atoms with van der Waals surface area (Å²) in [6.07, 6.45) is 6.48. The highest BCUT2D eigenvalue weighted by atomic mass is 14.2. The minimum absolute atomic E-state index is 0.470. The summed E-state index contributed by atoms with van der Waals surface area (Å²) < 4.78 is 0. The van der Waals surface area contributed by atoms with Gasteiger partial charge >= 0.3 is 0 Å². The second-order valence-electron chi connectivity index (χ2n) is 3.99. The maximum atomic E-state index is 4.09. The van der Waals surface area contributed by atoms with E-state index in [4.69, 9.17) is 0 Å². The van der Waals surface area contributed by atoms with Gasteiger partial charge in [0.25, 0.3) is 0 Å². The van der Waals surface area contributed by atoms with Crippen LogP contribution in [0.3, 0.4) is 0 Å². The molecule has 0 heterocycles. The summed E-state index contributed by atoms with van der Waals surface area (Å²) in [4.78, 5) is 0. The summed E-state index contributed by atoms with van der Waals surface area (Å²) in [6.45, 7) is 7.94. The van der Waals surface area contributed by atoms with Crippen LogP contribution in [0.4, 0.5) is 0 Å². The Labute approximate surface area is 91.6 Å². The standard InChI is InChI=1S/C15H16/c1-3-13-9-10-15(11-12(13)2)14-7-5-4-6-8-14/h3-8,11,13H,1-2,9-10H2. The van der Waals surface area contributed by atoms with Crippen molar-refractivity contribution in [3.05, 3.63) is 66.8 Å². The lowest BCUT2D eigenvalue weighted by atomic mass is 9.84. The van der Waals surface area contributed by atoms with Crippen molar-refractivity contribution >= 4 is 5.57 Å². The van der Waals surface area contributed by atoms with Crippen molar-refractivity contribution < 1.29 is 0 Å². The lowest BCUT2D eigenvalue weighted by Gasteiger charge is -2.21. The number of rotatable bonds is 2. The van der Waals surface area contributed by atoms with Gasteiger partial charge in [-0.15, -0.1) is 6.58 Å². The van der Waals surface area contributed by atoms with Crippen LogP contribution in [0, 0.1) is 5.92 Å². The molecule has 0 aromatic heterocycles. The second-order valence-corrected chi connectivity index (χ2v) is 3.99. The van der Waals surface area contributed by atoms with Gasteiger partial charge in [-0.05, 0) is 29.6 Å². The average Bonchev–Trinajstić information content (AvgIpc) is 2.30. The highest BCUT2D eigenvalue weighted by Gasteiger charge is 2.15. The fourth-order valence-corrected chi connectivity index (χ4v) is 2.05. The fourth-order valence-electron chi connectivity index (χ4n) is 2.05. The molecular formula is C15H16. The van der Waals surface area contributed by atoms with Gasteiger partial charge in [0.2, 0.25) is 0 Å². The molecule has 1 aromatic carbocycles. The molecule has 76 valence electrons. The zero-order chi connectivity index (χ0) is 10.7. The first-order chi connectivity index (χ1) is 7.31. The third-order valence-electron chi connectivity index (χ3n) is 2.99. The predicted octanol–water partition coefficient (Wildman–Crippen LogP) is 4.22. The van der Waals surface area contributed by atoms with Crippen LogP contribution >= 0.6 is 0 Å². The lowest BCUT2D eigenvalue weighted by molar-refractivity contribution is 0.690. The van der Waals surface area contributed by atoms with Gasteiger partial charge in [-0.25, -0.2) is 0 Å². The molecular weight excluding hydrogens is 180 g/mol. The normalized spacial score (nSPS) is 20.9. The molecule has 0 saturated carbocycles. The first-order valence-corrected chi connectivity index (χ1v) is 5.38. The summed E-state index contributed by atoms with van der Waals surface area (Å²) in [7, 11) is 0. The smallest absolute Gasteiger partial charge is 0.00127 e. The Bertz CT molecular complexity index is 395. The first-order valence-electron chi connectivity index (χ1n) is 5.38. The molecule has 1 aliphatic carbocycles. The Hall–Kier alpha value is -1.56. The van der Waals surface area contributed by atoms with Crippen LogP contribution in [-0.4, -0.2) is 0 Å². The van der Waals surface area contributed by atoms with E-state index in [1.165, 1.54) is 16.7 Å². The van der Waals surface area contributed by atoms with Gasteiger partial charge in [-0.2, -0.15) is 0 Å². The largest absolute Gasteiger partial charge is 0.102 e. The fraction of sp³-hybridized carbons (Fsp3) is 0.200. The molecule has 0 heteroatoms. The van der Waals surface area contributed by atoms with E-state index < -0.39 is 0 Å². The minimum atomic E-state index is 0.470. The third-order valence-corrected chi connectivity index (χ3v) is 2.99. The van der Waals surface area contributed by atoms with Crippen LogP contribution < -0.4 is 0 Å². The van der Waals surface area contributed by atoms with Crippen LogP contribution in [0.5, 0.6) is 0 Å². The summed E-state index contributed by atoms with van der Waals surface area (Å²) in [5.74, 6) is 0.470. The molecule has 0 saturated heterocycles. The maximum absolute atomic E-state index is 4.09. The molecule has 0 radical (unpaired) electrons. The van der Waals surface area contributed by atoms with Gasteiger partial charge < -0.3 is 0 Å². The van der Waals surface area contributed by atoms with Crippen LogP contribution in [0.1, 0.15) is 18.4 Å². The third kappa shape index (κ3) is 2.10. The molecule has 0 N–H and O–H groups in total. The van der Waals surface area contributed by atoms with E-state index in [0.717, 1.165) is 12.8 Å². The molecule has 1 aliphatic rings. The van der Waals surface area contributed by atoms with Crippen molar-refractivity contribution in [2.45, 2.75) is 12.8 Å². The first kappa shape index (κ1) is 9.97. The van der Waals surface area contributed by atoms with Crippen LogP contribution in [0.25, 0.3) is 5.57 Å². The van der Waals surface area contributed by atoms with Gasteiger partial charge in [0.1, 0.15) is 0 Å². The van der Waals surface area contributed by atoms with Crippen molar-refractivity contribution in [2.24, 2.45) is 5.92 Å². The number of benzene rings is 1. The van der Waals surface area contributed by atoms with Gasteiger partial charge in [-0.3, -0.25) is 0 Å². The van der Waals surface area contributed by atoms with Crippen LogP contribution in [0.15, 0.2) is 61.2 Å². The van der Waals surface area contributed by atoms with E-state index in [2.05, 4.69) is 43.5 Å². The zero-order valence-corrected chi connectivity index (χ0v) is 8.95. The van der Waals surface area contributed by atoms with Crippen molar-refractivity contribution in [3.63, 3.8) is 0 Å². The monoisotopic (exact) mass is 196 g/mol. The molecule has 1 aromatic rings. The molecule has 0 amide bonds. The average molecular weight is 196 g/mol. The minimum Gasteiger partial charge on any atom is -0.102 e. The molecule has 0 nitrogen and oxygen atoms in total. The van der Waals surface area contributed by atoms with E-state index in [1.807, 2.05) is 12.1 Å². The van der Waals surface area contributed by atoms with Crippen molar-refractivity contribution in [2.75, 3.05) is 0 Å². The lowest BCUT2D eigenvalue weighted by Crippen LogP contribution is -2.04. The highest BCUT2D eigenvalue weighted by molar-refractivity contribution is 5.69. The maximum Gasteiger partial charge on any atom is 0.00127 e. The SMILES string of the molecule is C=CC1CCC(c2ccccc2)=CC1=C. The van der Waals surface area contributed by atoms with Crippen molar-refractivity contribution in [1.82, 2.24) is 0 Å². The zero-order valence-electron chi connectivity index (χ0n) is 8.95. The number of hydrogen-bond acceptors (Lipinski definition) is 0. The van der Waals surface area contributed by atoms with Gasteiger partial charge in [-0.1, -0.05) is 49.1 Å².